The number of amides is 1. The highest BCUT2D eigenvalue weighted by molar-refractivity contribution is 8.00. The number of aryl methyl sites for hydroxylation is 1. The first kappa shape index (κ1) is 18.4. The van der Waals surface area contributed by atoms with E-state index in [9.17, 15) is 4.79 Å². The van der Waals surface area contributed by atoms with E-state index in [1.54, 1.807) is 18.5 Å². The van der Waals surface area contributed by atoms with Gasteiger partial charge in [0.05, 0.1) is 11.3 Å². The Morgan fingerprint density at radius 3 is 2.42 bits per heavy atom. The number of thioether (sulfide) groups is 1. The standard InChI is InChI=1S/C18H24N4OS/c1-13-6-8-15(9-7-13)16(22(3)4)12-21-17(23)14(2)24-18-19-10-5-11-20-18/h5-11,14,16H,12H2,1-4H3,(H,21,23)/t14-,16-/m1/s1. The minimum absolute atomic E-state index is 0.00795. The van der Waals surface area contributed by atoms with E-state index >= 15 is 0 Å². The van der Waals surface area contributed by atoms with Crippen LogP contribution in [0, 0.1) is 6.92 Å². The zero-order valence-electron chi connectivity index (χ0n) is 14.6. The quantitative estimate of drug-likeness (QED) is 0.618. The molecule has 0 aliphatic rings. The van der Waals surface area contributed by atoms with Crippen molar-refractivity contribution < 1.29 is 4.79 Å². The van der Waals surface area contributed by atoms with Crippen LogP contribution in [0.5, 0.6) is 0 Å². The van der Waals surface area contributed by atoms with Gasteiger partial charge in [0.25, 0.3) is 0 Å². The van der Waals surface area contributed by atoms with Crippen LogP contribution in [-0.2, 0) is 4.79 Å². The number of aromatic nitrogens is 2. The van der Waals surface area contributed by atoms with Gasteiger partial charge < -0.3 is 10.2 Å². The summed E-state index contributed by atoms with van der Waals surface area (Å²) < 4.78 is 0. The van der Waals surface area contributed by atoms with E-state index < -0.39 is 0 Å². The van der Waals surface area contributed by atoms with Gasteiger partial charge in [0.1, 0.15) is 0 Å². The maximum Gasteiger partial charge on any atom is 0.233 e. The van der Waals surface area contributed by atoms with Crippen molar-refractivity contribution in [1.82, 2.24) is 20.2 Å². The fourth-order valence-electron chi connectivity index (χ4n) is 2.29. The van der Waals surface area contributed by atoms with Gasteiger partial charge >= 0.3 is 0 Å². The lowest BCUT2D eigenvalue weighted by Gasteiger charge is -2.25. The van der Waals surface area contributed by atoms with Gasteiger partial charge in [-0.1, -0.05) is 41.6 Å². The summed E-state index contributed by atoms with van der Waals surface area (Å²) in [6.45, 7) is 4.50. The summed E-state index contributed by atoms with van der Waals surface area (Å²) in [5, 5.41) is 3.41. The van der Waals surface area contributed by atoms with Crippen LogP contribution < -0.4 is 5.32 Å². The van der Waals surface area contributed by atoms with Crippen LogP contribution in [0.3, 0.4) is 0 Å². The molecule has 0 unspecified atom stereocenters. The molecule has 5 nitrogen and oxygen atoms in total. The number of hydrogen-bond donors (Lipinski definition) is 1. The largest absolute Gasteiger partial charge is 0.353 e. The van der Waals surface area contributed by atoms with Crippen molar-refractivity contribution in [2.45, 2.75) is 30.3 Å². The molecular formula is C18H24N4OS. The SMILES string of the molecule is Cc1ccc([C@@H](CNC(=O)[C@@H](C)Sc2ncccn2)N(C)C)cc1. The Morgan fingerprint density at radius 2 is 1.83 bits per heavy atom. The molecule has 1 heterocycles. The molecule has 0 bridgehead atoms. The Hall–Kier alpha value is -1.92. The van der Waals surface area contributed by atoms with Gasteiger partial charge in [-0.15, -0.1) is 0 Å². The molecule has 0 aliphatic heterocycles. The maximum atomic E-state index is 12.4. The van der Waals surface area contributed by atoms with Crippen LogP contribution in [0.2, 0.25) is 0 Å². The summed E-state index contributed by atoms with van der Waals surface area (Å²) in [6.07, 6.45) is 3.36. The van der Waals surface area contributed by atoms with Crippen LogP contribution in [0.15, 0.2) is 47.9 Å². The molecule has 1 aromatic carbocycles. The third-order valence-corrected chi connectivity index (χ3v) is 4.74. The topological polar surface area (TPSA) is 58.1 Å². The fourth-order valence-corrected chi connectivity index (χ4v) is 3.04. The Morgan fingerprint density at radius 1 is 1.21 bits per heavy atom. The molecule has 24 heavy (non-hydrogen) atoms. The molecule has 0 saturated carbocycles. The monoisotopic (exact) mass is 344 g/mol. The Balaban J connectivity index is 1.93. The van der Waals surface area contributed by atoms with E-state index in [2.05, 4.69) is 51.4 Å². The van der Waals surface area contributed by atoms with Gasteiger partial charge in [-0.2, -0.15) is 0 Å². The number of likely N-dealkylation sites (N-methyl/N-ethyl adjacent to an activating group) is 1. The molecule has 0 aliphatic carbocycles. The third kappa shape index (κ3) is 5.32. The Labute approximate surface area is 147 Å². The van der Waals surface area contributed by atoms with Crippen molar-refractivity contribution in [2.24, 2.45) is 0 Å². The smallest absolute Gasteiger partial charge is 0.233 e. The van der Waals surface area contributed by atoms with Crippen molar-refractivity contribution in [3.05, 3.63) is 53.9 Å². The number of hydrogen-bond acceptors (Lipinski definition) is 5. The summed E-state index contributed by atoms with van der Waals surface area (Å²) >= 11 is 1.36. The molecule has 2 rings (SSSR count). The van der Waals surface area contributed by atoms with E-state index in [1.807, 2.05) is 21.0 Å². The number of benzene rings is 1. The molecule has 0 spiro atoms. The summed E-state index contributed by atoms with van der Waals surface area (Å²) in [7, 11) is 4.04. The van der Waals surface area contributed by atoms with Gasteiger partial charge in [-0.25, -0.2) is 9.97 Å². The summed E-state index contributed by atoms with van der Waals surface area (Å²) in [4.78, 5) is 22.8. The molecule has 2 aromatic rings. The second-order valence-corrected chi connectivity index (χ2v) is 7.23. The van der Waals surface area contributed by atoms with Gasteiger partial charge in [-0.3, -0.25) is 4.79 Å². The molecular weight excluding hydrogens is 320 g/mol. The van der Waals surface area contributed by atoms with Crippen LogP contribution in [0.1, 0.15) is 24.1 Å². The van der Waals surface area contributed by atoms with Crippen LogP contribution >= 0.6 is 11.8 Å². The van der Waals surface area contributed by atoms with Crippen molar-refractivity contribution in [3.8, 4) is 0 Å². The Bertz CT molecular complexity index is 646. The van der Waals surface area contributed by atoms with Crippen molar-refractivity contribution in [2.75, 3.05) is 20.6 Å². The highest BCUT2D eigenvalue weighted by Crippen LogP contribution is 2.20. The highest BCUT2D eigenvalue weighted by atomic mass is 32.2. The zero-order valence-corrected chi connectivity index (χ0v) is 15.4. The molecule has 0 fully saturated rings. The normalized spacial score (nSPS) is 13.5. The molecule has 128 valence electrons. The van der Waals surface area contributed by atoms with Gasteiger partial charge in [0.15, 0.2) is 5.16 Å². The van der Waals surface area contributed by atoms with E-state index in [1.165, 1.54) is 22.9 Å². The second-order valence-electron chi connectivity index (χ2n) is 5.93. The van der Waals surface area contributed by atoms with Crippen LogP contribution in [0.4, 0.5) is 0 Å². The highest BCUT2D eigenvalue weighted by Gasteiger charge is 2.19. The summed E-state index contributed by atoms with van der Waals surface area (Å²) in [5.41, 5.74) is 2.42. The van der Waals surface area contributed by atoms with Crippen LogP contribution in [0.25, 0.3) is 0 Å². The predicted molar refractivity (Wildman–Crippen MR) is 98.0 cm³/mol. The first-order valence-corrected chi connectivity index (χ1v) is 8.79. The number of nitrogens with one attached hydrogen (secondary N) is 1. The fraction of sp³-hybridized carbons (Fsp3) is 0.389. The molecule has 2 atom stereocenters. The lowest BCUT2D eigenvalue weighted by molar-refractivity contribution is -0.120. The molecule has 6 heteroatoms. The van der Waals surface area contributed by atoms with Crippen molar-refractivity contribution >= 4 is 17.7 Å². The number of carbonyl (C=O) groups excluding carboxylic acids is 1. The predicted octanol–water partition coefficient (Wildman–Crippen LogP) is 2.68. The summed E-state index contributed by atoms with van der Waals surface area (Å²) in [5.74, 6) is -0.00795. The van der Waals surface area contributed by atoms with Gasteiger partial charge in [0, 0.05) is 18.9 Å². The second kappa shape index (κ2) is 8.80. The number of rotatable bonds is 7. The van der Waals surface area contributed by atoms with Crippen LogP contribution in [-0.4, -0.2) is 46.7 Å². The average molecular weight is 344 g/mol. The number of carbonyl (C=O) groups is 1. The maximum absolute atomic E-state index is 12.4. The number of nitrogens with zero attached hydrogens (tertiary/aromatic N) is 3. The third-order valence-electron chi connectivity index (χ3n) is 3.75. The zero-order chi connectivity index (χ0) is 17.5. The molecule has 0 saturated heterocycles. The van der Waals surface area contributed by atoms with E-state index in [-0.39, 0.29) is 17.2 Å². The summed E-state index contributed by atoms with van der Waals surface area (Å²) in [6, 6.07) is 10.3. The molecule has 1 aromatic heterocycles. The average Bonchev–Trinajstić information content (AvgIpc) is 2.57. The minimum Gasteiger partial charge on any atom is -0.353 e. The first-order chi connectivity index (χ1) is 11.5. The van der Waals surface area contributed by atoms with Crippen molar-refractivity contribution in [3.63, 3.8) is 0 Å². The Kier molecular flexibility index (Phi) is 6.75. The molecule has 0 radical (unpaired) electrons. The van der Waals surface area contributed by atoms with Gasteiger partial charge in [0.2, 0.25) is 5.91 Å². The first-order valence-electron chi connectivity index (χ1n) is 7.91. The lowest BCUT2D eigenvalue weighted by atomic mass is 10.0. The van der Waals surface area contributed by atoms with Gasteiger partial charge in [-0.05, 0) is 39.6 Å². The van der Waals surface area contributed by atoms with E-state index in [4.69, 9.17) is 0 Å². The minimum atomic E-state index is -0.242. The molecule has 1 amide bonds. The van der Waals surface area contributed by atoms with E-state index in [0.717, 1.165) is 0 Å². The van der Waals surface area contributed by atoms with Crippen molar-refractivity contribution in [1.29, 1.82) is 0 Å². The lowest BCUT2D eigenvalue weighted by Crippen LogP contribution is -2.38. The van der Waals surface area contributed by atoms with E-state index in [0.29, 0.717) is 11.7 Å². The molecule has 1 N–H and O–H groups in total.